The second-order valence-corrected chi connectivity index (χ2v) is 8.12. The number of Topliss-reactive ketones (excluding diaryl/α,β-unsaturated/α-hetero) is 1. The Morgan fingerprint density at radius 3 is 2.23 bits per heavy atom. The molecule has 0 radical (unpaired) electrons. The molecule has 0 bridgehead atoms. The van der Waals surface area contributed by atoms with Crippen molar-refractivity contribution in [3.63, 3.8) is 0 Å². The fourth-order valence-electron chi connectivity index (χ4n) is 3.67. The third-order valence-electron chi connectivity index (χ3n) is 5.31. The molecule has 1 fully saturated rings. The van der Waals surface area contributed by atoms with Crippen LogP contribution >= 0.6 is 11.6 Å². The molecule has 0 N–H and O–H groups in total. The van der Waals surface area contributed by atoms with Crippen LogP contribution < -0.4 is 0 Å². The summed E-state index contributed by atoms with van der Waals surface area (Å²) in [6, 6.07) is 8.17. The molecule has 1 aromatic heterocycles. The number of urea groups is 1. The first-order valence-electron chi connectivity index (χ1n) is 9.75. The molecular weight excluding hydrogens is 406 g/mol. The first kappa shape index (κ1) is 21.8. The molecule has 2 aromatic rings. The largest absolute Gasteiger partial charge is 0.348 e. The number of aromatic nitrogens is 1. The van der Waals surface area contributed by atoms with Gasteiger partial charge in [0.1, 0.15) is 0 Å². The van der Waals surface area contributed by atoms with Gasteiger partial charge in [0.15, 0.2) is 5.78 Å². The van der Waals surface area contributed by atoms with E-state index >= 15 is 0 Å². The number of carbonyl (C=O) groups excluding carboxylic acids is 4. The number of rotatable bonds is 7. The lowest BCUT2D eigenvalue weighted by Gasteiger charge is -2.18. The fourth-order valence-corrected chi connectivity index (χ4v) is 3.79. The van der Waals surface area contributed by atoms with Crippen LogP contribution in [0.1, 0.15) is 41.2 Å². The van der Waals surface area contributed by atoms with Crippen LogP contribution in [-0.2, 0) is 22.6 Å². The van der Waals surface area contributed by atoms with Gasteiger partial charge in [-0.3, -0.25) is 19.3 Å². The Morgan fingerprint density at radius 2 is 1.67 bits per heavy atom. The maximum Gasteiger partial charge on any atom is 0.334 e. The lowest BCUT2D eigenvalue weighted by atomic mass is 10.1. The quantitative estimate of drug-likeness (QED) is 0.384. The Labute approximate surface area is 180 Å². The van der Waals surface area contributed by atoms with Crippen molar-refractivity contribution in [3.05, 3.63) is 57.9 Å². The molecule has 0 atom stereocenters. The molecule has 3 rings (SSSR count). The van der Waals surface area contributed by atoms with E-state index in [9.17, 15) is 19.2 Å². The molecule has 4 amide bonds. The SMILES string of the molecule is Cc1cc(C(=O)CN2C(=O)C(=O)N(C(C)C)C2=O)c(C)n1CCc1ccc(Cl)cc1. The average Bonchev–Trinajstić information content (AvgIpc) is 3.09. The fraction of sp³-hybridized carbons (Fsp3) is 0.364. The van der Waals surface area contributed by atoms with E-state index in [1.165, 1.54) is 0 Å². The number of aryl methyl sites for hydroxylation is 2. The smallest absolute Gasteiger partial charge is 0.334 e. The van der Waals surface area contributed by atoms with Gasteiger partial charge in [0, 0.05) is 34.6 Å². The minimum absolute atomic E-state index is 0.374. The van der Waals surface area contributed by atoms with Gasteiger partial charge in [0.2, 0.25) is 0 Å². The van der Waals surface area contributed by atoms with E-state index in [2.05, 4.69) is 0 Å². The normalized spacial score (nSPS) is 14.4. The Kier molecular flexibility index (Phi) is 6.12. The van der Waals surface area contributed by atoms with Gasteiger partial charge in [-0.2, -0.15) is 0 Å². The lowest BCUT2D eigenvalue weighted by molar-refractivity contribution is -0.143. The summed E-state index contributed by atoms with van der Waals surface area (Å²) >= 11 is 5.92. The molecule has 1 saturated heterocycles. The number of imide groups is 2. The molecule has 1 aliphatic heterocycles. The van der Waals surface area contributed by atoms with Gasteiger partial charge in [0.05, 0.1) is 6.54 Å². The van der Waals surface area contributed by atoms with Gasteiger partial charge in [-0.1, -0.05) is 23.7 Å². The second kappa shape index (κ2) is 8.44. The van der Waals surface area contributed by atoms with E-state index in [-0.39, 0.29) is 5.78 Å². The van der Waals surface area contributed by atoms with Gasteiger partial charge in [-0.25, -0.2) is 9.69 Å². The van der Waals surface area contributed by atoms with Crippen molar-refractivity contribution in [2.24, 2.45) is 0 Å². The maximum absolute atomic E-state index is 12.9. The molecule has 0 unspecified atom stereocenters. The third kappa shape index (κ3) is 4.03. The highest BCUT2D eigenvalue weighted by atomic mass is 35.5. The summed E-state index contributed by atoms with van der Waals surface area (Å²) in [6.45, 7) is 7.25. The number of nitrogens with zero attached hydrogens (tertiary/aromatic N) is 3. The standard InChI is InChI=1S/C22H24ClN3O4/c1-13(2)26-21(29)20(28)25(22(26)30)12-19(27)18-11-14(3)24(15(18)4)10-9-16-5-7-17(23)8-6-16/h5-8,11,13H,9-10,12H2,1-4H3. The predicted octanol–water partition coefficient (Wildman–Crippen LogP) is 3.38. The highest BCUT2D eigenvalue weighted by Crippen LogP contribution is 2.20. The van der Waals surface area contributed by atoms with E-state index in [1.807, 2.05) is 42.7 Å². The molecule has 0 aliphatic carbocycles. The zero-order chi connectivity index (χ0) is 22.2. The Hall–Kier alpha value is -2.93. The van der Waals surface area contributed by atoms with Gasteiger partial charge in [0.25, 0.3) is 0 Å². The number of amides is 4. The summed E-state index contributed by atoms with van der Waals surface area (Å²) in [5.41, 5.74) is 3.24. The number of hydrogen-bond donors (Lipinski definition) is 0. The van der Waals surface area contributed by atoms with Crippen LogP contribution in [0.25, 0.3) is 0 Å². The molecule has 7 nitrogen and oxygen atoms in total. The first-order chi connectivity index (χ1) is 14.1. The van der Waals surface area contributed by atoms with Crippen LogP contribution in [0.5, 0.6) is 0 Å². The molecule has 2 heterocycles. The van der Waals surface area contributed by atoms with Crippen molar-refractivity contribution in [2.45, 2.75) is 46.7 Å². The second-order valence-electron chi connectivity index (χ2n) is 7.68. The van der Waals surface area contributed by atoms with Gasteiger partial charge in [-0.15, -0.1) is 0 Å². The molecule has 30 heavy (non-hydrogen) atoms. The van der Waals surface area contributed by atoms with E-state index in [1.54, 1.807) is 19.9 Å². The Bertz CT molecular complexity index is 1020. The third-order valence-corrected chi connectivity index (χ3v) is 5.57. The van der Waals surface area contributed by atoms with Crippen LogP contribution in [-0.4, -0.2) is 50.6 Å². The van der Waals surface area contributed by atoms with Crippen molar-refractivity contribution in [2.75, 3.05) is 6.54 Å². The minimum atomic E-state index is -0.960. The zero-order valence-electron chi connectivity index (χ0n) is 17.4. The molecule has 0 saturated carbocycles. The molecule has 0 spiro atoms. The molecule has 158 valence electrons. The summed E-state index contributed by atoms with van der Waals surface area (Å²) in [5.74, 6) is -2.23. The van der Waals surface area contributed by atoms with Gasteiger partial charge in [-0.05, 0) is 57.9 Å². The average molecular weight is 430 g/mol. The summed E-state index contributed by atoms with van der Waals surface area (Å²) < 4.78 is 2.03. The molecule has 8 heteroatoms. The summed E-state index contributed by atoms with van der Waals surface area (Å²) in [4.78, 5) is 51.1. The van der Waals surface area contributed by atoms with Gasteiger partial charge >= 0.3 is 17.8 Å². The van der Waals surface area contributed by atoms with Gasteiger partial charge < -0.3 is 4.57 Å². The molecule has 1 aliphatic rings. The summed E-state index contributed by atoms with van der Waals surface area (Å²) in [6.07, 6.45) is 0.766. The number of carbonyl (C=O) groups is 4. The molecule has 1 aromatic carbocycles. The maximum atomic E-state index is 12.9. The number of hydrogen-bond acceptors (Lipinski definition) is 4. The van der Waals surface area contributed by atoms with Crippen LogP contribution in [0.3, 0.4) is 0 Å². The number of halogens is 1. The van der Waals surface area contributed by atoms with E-state index < -0.39 is 30.4 Å². The highest BCUT2D eigenvalue weighted by Gasteiger charge is 2.46. The van der Waals surface area contributed by atoms with Crippen LogP contribution in [0.15, 0.2) is 30.3 Å². The Morgan fingerprint density at radius 1 is 1.03 bits per heavy atom. The lowest BCUT2D eigenvalue weighted by Crippen LogP contribution is -2.39. The van der Waals surface area contributed by atoms with Crippen molar-refractivity contribution < 1.29 is 19.2 Å². The monoisotopic (exact) mass is 429 g/mol. The topological polar surface area (TPSA) is 79.7 Å². The summed E-state index contributed by atoms with van der Waals surface area (Å²) in [5, 5.41) is 0.681. The highest BCUT2D eigenvalue weighted by molar-refractivity contribution is 6.45. The van der Waals surface area contributed by atoms with E-state index in [0.717, 1.165) is 33.2 Å². The number of benzene rings is 1. The summed E-state index contributed by atoms with van der Waals surface area (Å²) in [7, 11) is 0. The van der Waals surface area contributed by atoms with Crippen LogP contribution in [0.2, 0.25) is 5.02 Å². The van der Waals surface area contributed by atoms with E-state index in [0.29, 0.717) is 17.1 Å². The van der Waals surface area contributed by atoms with Crippen molar-refractivity contribution in [1.29, 1.82) is 0 Å². The number of ketones is 1. The van der Waals surface area contributed by atoms with Crippen LogP contribution in [0, 0.1) is 13.8 Å². The zero-order valence-corrected chi connectivity index (χ0v) is 18.2. The predicted molar refractivity (Wildman–Crippen MR) is 112 cm³/mol. The van der Waals surface area contributed by atoms with Crippen molar-refractivity contribution in [1.82, 2.24) is 14.4 Å². The minimum Gasteiger partial charge on any atom is -0.348 e. The van der Waals surface area contributed by atoms with Crippen molar-refractivity contribution >= 4 is 35.2 Å². The van der Waals surface area contributed by atoms with Crippen molar-refractivity contribution in [3.8, 4) is 0 Å². The first-order valence-corrected chi connectivity index (χ1v) is 10.1. The molecular formula is C22H24ClN3O4. The van der Waals surface area contributed by atoms with Crippen LogP contribution in [0.4, 0.5) is 4.79 Å². The van der Waals surface area contributed by atoms with E-state index in [4.69, 9.17) is 11.6 Å². The Balaban J connectivity index is 1.75.